The van der Waals surface area contributed by atoms with E-state index in [1.807, 2.05) is 0 Å². The van der Waals surface area contributed by atoms with Gasteiger partial charge in [0, 0.05) is 24.6 Å². The van der Waals surface area contributed by atoms with Gasteiger partial charge in [-0.15, -0.1) is 0 Å². The number of aliphatic hydroxyl groups is 1. The lowest BCUT2D eigenvalue weighted by Crippen LogP contribution is -2.78. The summed E-state index contributed by atoms with van der Waals surface area (Å²) in [4.78, 5) is 41.1. The Morgan fingerprint density at radius 1 is 1.05 bits per heavy atom. The maximum atomic E-state index is 13.1. The van der Waals surface area contributed by atoms with E-state index in [0.29, 0.717) is 11.1 Å². The quantitative estimate of drug-likeness (QED) is 0.278. The van der Waals surface area contributed by atoms with E-state index < -0.39 is 41.7 Å². The number of imide groups is 1. The molecule has 3 saturated heterocycles. The van der Waals surface area contributed by atoms with Gasteiger partial charge < -0.3 is 31.3 Å². The molecule has 1 spiro atoms. The summed E-state index contributed by atoms with van der Waals surface area (Å²) in [5, 5.41) is 40.3. The lowest BCUT2D eigenvalue weighted by molar-refractivity contribution is -0.126. The maximum Gasteiger partial charge on any atom is 0.260 e. The van der Waals surface area contributed by atoms with Gasteiger partial charge in [0.25, 0.3) is 11.8 Å². The number of guanidine groups is 2. The third kappa shape index (κ3) is 4.04. The molecule has 12 heteroatoms. The molecule has 3 aliphatic rings. The number of rotatable bonds is 5. The van der Waals surface area contributed by atoms with Crippen LogP contribution in [0.4, 0.5) is 0 Å². The highest BCUT2D eigenvalue weighted by Gasteiger charge is 2.66. The zero-order chi connectivity index (χ0) is 26.3. The van der Waals surface area contributed by atoms with Gasteiger partial charge in [-0.3, -0.25) is 30.1 Å². The summed E-state index contributed by atoms with van der Waals surface area (Å²) in [6, 6.07) is 14.8. The van der Waals surface area contributed by atoms with Crippen molar-refractivity contribution in [2.24, 2.45) is 0 Å². The van der Waals surface area contributed by atoms with Gasteiger partial charge in [0.1, 0.15) is 6.10 Å². The van der Waals surface area contributed by atoms with Gasteiger partial charge in [0.2, 0.25) is 5.91 Å². The third-order valence-electron chi connectivity index (χ3n) is 7.13. The van der Waals surface area contributed by atoms with Gasteiger partial charge in [0.15, 0.2) is 17.6 Å². The van der Waals surface area contributed by atoms with E-state index in [2.05, 4.69) is 21.3 Å². The average molecular weight is 505 g/mol. The van der Waals surface area contributed by atoms with E-state index in [1.165, 1.54) is 6.92 Å². The molecule has 5 rings (SSSR count). The number of nitrogens with zero attached hydrogens (tertiary/aromatic N) is 2. The second kappa shape index (κ2) is 9.21. The van der Waals surface area contributed by atoms with Gasteiger partial charge >= 0.3 is 0 Å². The van der Waals surface area contributed by atoms with E-state index in [9.17, 15) is 19.5 Å². The number of hydrogen-bond donors (Lipinski definition) is 7. The van der Waals surface area contributed by atoms with Gasteiger partial charge in [-0.25, -0.2) is 0 Å². The van der Waals surface area contributed by atoms with Crippen molar-refractivity contribution in [2.45, 2.75) is 36.8 Å². The summed E-state index contributed by atoms with van der Waals surface area (Å²) in [7, 11) is 0. The molecule has 0 bridgehead atoms. The van der Waals surface area contributed by atoms with Crippen LogP contribution in [0.5, 0.6) is 0 Å². The highest BCUT2D eigenvalue weighted by atomic mass is 16.3. The number of amides is 3. The first kappa shape index (κ1) is 24.3. The Morgan fingerprint density at radius 3 is 2.30 bits per heavy atom. The SMILES string of the molecule is CC(=O)N(C[C@@H]1NC(=N)N2C[C@H](NC(=O)c3ccccc3)[C@@H](O)C23NC(=N)NC13)C(=O)c1ccccc1. The summed E-state index contributed by atoms with van der Waals surface area (Å²) >= 11 is 0. The van der Waals surface area contributed by atoms with Crippen molar-refractivity contribution in [3.8, 4) is 0 Å². The molecular weight excluding hydrogens is 476 g/mol. The van der Waals surface area contributed by atoms with Crippen molar-refractivity contribution >= 4 is 29.6 Å². The van der Waals surface area contributed by atoms with Crippen LogP contribution in [0.1, 0.15) is 27.6 Å². The van der Waals surface area contributed by atoms with Gasteiger partial charge in [-0.2, -0.15) is 0 Å². The van der Waals surface area contributed by atoms with Gasteiger partial charge in [0.05, 0.1) is 24.7 Å². The number of aliphatic hydroxyl groups excluding tert-OH is 1. The fourth-order valence-corrected chi connectivity index (χ4v) is 5.41. The van der Waals surface area contributed by atoms with Crippen LogP contribution in [-0.2, 0) is 4.79 Å². The highest BCUT2D eigenvalue weighted by Crippen LogP contribution is 2.37. The summed E-state index contributed by atoms with van der Waals surface area (Å²) < 4.78 is 0. The Balaban J connectivity index is 1.42. The molecule has 3 heterocycles. The largest absolute Gasteiger partial charge is 0.386 e. The van der Waals surface area contributed by atoms with Crippen LogP contribution in [0.25, 0.3) is 0 Å². The Kier molecular flexibility index (Phi) is 6.04. The van der Waals surface area contributed by atoms with Crippen LogP contribution in [0, 0.1) is 10.8 Å². The van der Waals surface area contributed by atoms with Crippen LogP contribution >= 0.6 is 0 Å². The Hall–Kier alpha value is -4.45. The number of hydrogen-bond acceptors (Lipinski definition) is 6. The Morgan fingerprint density at radius 2 is 1.68 bits per heavy atom. The summed E-state index contributed by atoms with van der Waals surface area (Å²) in [5.74, 6) is -1.46. The molecule has 7 N–H and O–H groups in total. The van der Waals surface area contributed by atoms with E-state index in [-0.39, 0.29) is 30.9 Å². The predicted molar refractivity (Wildman–Crippen MR) is 134 cm³/mol. The molecule has 192 valence electrons. The van der Waals surface area contributed by atoms with E-state index in [1.54, 1.807) is 65.6 Å². The van der Waals surface area contributed by atoms with Crippen molar-refractivity contribution in [2.75, 3.05) is 13.1 Å². The second-order valence-electron chi connectivity index (χ2n) is 9.35. The van der Waals surface area contributed by atoms with Crippen molar-refractivity contribution in [3.05, 3.63) is 71.8 Å². The number of benzene rings is 2. The zero-order valence-corrected chi connectivity index (χ0v) is 20.1. The Labute approximate surface area is 213 Å². The lowest BCUT2D eigenvalue weighted by Gasteiger charge is -2.49. The number of carbonyl (C=O) groups excluding carboxylic acids is 3. The maximum absolute atomic E-state index is 13.1. The number of carbonyl (C=O) groups is 3. The van der Waals surface area contributed by atoms with Crippen LogP contribution < -0.4 is 21.3 Å². The second-order valence-corrected chi connectivity index (χ2v) is 9.35. The molecular formula is C25H28N8O4. The van der Waals surface area contributed by atoms with Crippen LogP contribution in [0.3, 0.4) is 0 Å². The first-order valence-corrected chi connectivity index (χ1v) is 11.9. The molecule has 0 aliphatic carbocycles. The van der Waals surface area contributed by atoms with E-state index in [4.69, 9.17) is 10.8 Å². The molecule has 3 fully saturated rings. The highest BCUT2D eigenvalue weighted by molar-refractivity contribution is 6.04. The lowest BCUT2D eigenvalue weighted by atomic mass is 9.87. The van der Waals surface area contributed by atoms with Crippen LogP contribution in [-0.4, -0.2) is 87.5 Å². The summed E-state index contributed by atoms with van der Waals surface area (Å²) in [5.41, 5.74) is -0.576. The first-order chi connectivity index (χ1) is 17.7. The molecule has 3 aliphatic heterocycles. The summed E-state index contributed by atoms with van der Waals surface area (Å²) in [6.07, 6.45) is -1.22. The fraction of sp³-hybridized carbons (Fsp3) is 0.320. The van der Waals surface area contributed by atoms with Crippen LogP contribution in [0.2, 0.25) is 0 Å². The molecule has 2 unspecified atom stereocenters. The minimum atomic E-state index is -1.35. The van der Waals surface area contributed by atoms with E-state index >= 15 is 0 Å². The molecule has 2 aromatic rings. The normalized spacial score (nSPS) is 27.8. The fourth-order valence-electron chi connectivity index (χ4n) is 5.41. The van der Waals surface area contributed by atoms with Crippen LogP contribution in [0.15, 0.2) is 60.7 Å². The average Bonchev–Trinajstić information content (AvgIpc) is 3.39. The van der Waals surface area contributed by atoms with Crippen molar-refractivity contribution < 1.29 is 19.5 Å². The van der Waals surface area contributed by atoms with Crippen molar-refractivity contribution in [1.82, 2.24) is 31.1 Å². The van der Waals surface area contributed by atoms with E-state index in [0.717, 1.165) is 4.90 Å². The molecule has 2 aromatic carbocycles. The standard InChI is InChI=1S/C25H28N8O4/c1-14(34)32(22(37)16-10-6-3-7-11-16)12-17-19-25(31-23(26)30-19)20(35)18(13-33(25)24(27)29-17)28-21(36)15-8-4-2-5-9-15/h2-11,17-20,35H,12-13H2,1H3,(H2,27,29)(H,28,36)(H3,26,30,31)/t17-,18-,19?,20+,25?/m0/s1. The smallest absolute Gasteiger partial charge is 0.260 e. The first-order valence-electron chi connectivity index (χ1n) is 11.9. The topological polar surface area (TPSA) is 174 Å². The number of nitrogens with one attached hydrogen (secondary N) is 6. The molecule has 5 atom stereocenters. The molecule has 12 nitrogen and oxygen atoms in total. The molecule has 0 saturated carbocycles. The molecule has 0 aromatic heterocycles. The minimum Gasteiger partial charge on any atom is -0.386 e. The molecule has 0 radical (unpaired) electrons. The van der Waals surface area contributed by atoms with Crippen molar-refractivity contribution in [3.63, 3.8) is 0 Å². The Bertz CT molecular complexity index is 1260. The zero-order valence-electron chi connectivity index (χ0n) is 20.1. The predicted octanol–water partition coefficient (Wildman–Crippen LogP) is -0.751. The van der Waals surface area contributed by atoms with Gasteiger partial charge in [-0.05, 0) is 24.3 Å². The summed E-state index contributed by atoms with van der Waals surface area (Å²) in [6.45, 7) is 1.29. The van der Waals surface area contributed by atoms with Gasteiger partial charge in [-0.1, -0.05) is 36.4 Å². The third-order valence-corrected chi connectivity index (χ3v) is 7.13. The molecule has 3 amide bonds. The molecule has 37 heavy (non-hydrogen) atoms. The van der Waals surface area contributed by atoms with Crippen molar-refractivity contribution in [1.29, 1.82) is 10.8 Å². The minimum absolute atomic E-state index is 0.0589. The monoisotopic (exact) mass is 504 g/mol.